The minimum Gasteiger partial charge on any atom is -0.497 e. The standard InChI is InChI=1S/C16H14ClN3O4S/c1-23-13-4-2-3-11(9-13)16-20-19-15(24-16)10-18-25(21,22)14-7-5-12(17)6-8-14/h2-9,18H,10H2,1H3. The summed E-state index contributed by atoms with van der Waals surface area (Å²) < 4.78 is 37.5. The van der Waals surface area contributed by atoms with Gasteiger partial charge in [-0.25, -0.2) is 13.1 Å². The van der Waals surface area contributed by atoms with Gasteiger partial charge in [-0.2, -0.15) is 0 Å². The molecule has 9 heteroatoms. The topological polar surface area (TPSA) is 94.3 Å². The van der Waals surface area contributed by atoms with Gasteiger partial charge in [-0.05, 0) is 42.5 Å². The highest BCUT2D eigenvalue weighted by Crippen LogP contribution is 2.22. The number of hydrogen-bond donors (Lipinski definition) is 1. The Labute approximate surface area is 149 Å². The summed E-state index contributed by atoms with van der Waals surface area (Å²) in [7, 11) is -2.14. The van der Waals surface area contributed by atoms with Crippen LogP contribution in [0.1, 0.15) is 5.89 Å². The molecule has 0 atom stereocenters. The van der Waals surface area contributed by atoms with Crippen molar-refractivity contribution in [3.63, 3.8) is 0 Å². The number of aromatic nitrogens is 2. The largest absolute Gasteiger partial charge is 0.497 e. The van der Waals surface area contributed by atoms with Crippen LogP contribution in [0.5, 0.6) is 5.75 Å². The fourth-order valence-corrected chi connectivity index (χ4v) is 3.15. The molecule has 0 amide bonds. The average Bonchev–Trinajstić information content (AvgIpc) is 3.10. The number of hydrogen-bond acceptors (Lipinski definition) is 6. The quantitative estimate of drug-likeness (QED) is 0.707. The number of methoxy groups -OCH3 is 1. The maximum Gasteiger partial charge on any atom is 0.247 e. The zero-order chi connectivity index (χ0) is 17.9. The van der Waals surface area contributed by atoms with E-state index in [1.807, 2.05) is 0 Å². The van der Waals surface area contributed by atoms with Gasteiger partial charge in [-0.15, -0.1) is 10.2 Å². The zero-order valence-electron chi connectivity index (χ0n) is 13.1. The number of sulfonamides is 1. The Kier molecular flexibility index (Phi) is 5.03. The number of benzene rings is 2. The predicted molar refractivity (Wildman–Crippen MR) is 91.8 cm³/mol. The Bertz CT molecular complexity index is 971. The molecule has 7 nitrogen and oxygen atoms in total. The summed E-state index contributed by atoms with van der Waals surface area (Å²) >= 11 is 5.76. The SMILES string of the molecule is COc1cccc(-c2nnc(CNS(=O)(=O)c3ccc(Cl)cc3)o2)c1. The Hall–Kier alpha value is -2.42. The third kappa shape index (κ3) is 4.16. The van der Waals surface area contributed by atoms with Crippen molar-refractivity contribution in [3.05, 3.63) is 59.4 Å². The molecule has 0 spiro atoms. The van der Waals surface area contributed by atoms with Crippen LogP contribution >= 0.6 is 11.6 Å². The van der Waals surface area contributed by atoms with E-state index in [9.17, 15) is 8.42 Å². The second kappa shape index (κ2) is 7.22. The summed E-state index contributed by atoms with van der Waals surface area (Å²) in [6, 6.07) is 13.0. The number of ether oxygens (including phenoxy) is 1. The first-order valence-corrected chi connectivity index (χ1v) is 9.06. The fraction of sp³-hybridized carbons (Fsp3) is 0.125. The molecule has 0 bridgehead atoms. The number of halogens is 1. The van der Waals surface area contributed by atoms with E-state index < -0.39 is 10.0 Å². The van der Waals surface area contributed by atoms with E-state index in [2.05, 4.69) is 14.9 Å². The van der Waals surface area contributed by atoms with Crippen LogP contribution in [0, 0.1) is 0 Å². The summed E-state index contributed by atoms with van der Waals surface area (Å²) in [5.41, 5.74) is 0.679. The van der Waals surface area contributed by atoms with Crippen molar-refractivity contribution < 1.29 is 17.6 Å². The molecular formula is C16H14ClN3O4S. The zero-order valence-corrected chi connectivity index (χ0v) is 14.7. The molecule has 0 aliphatic carbocycles. The molecule has 25 heavy (non-hydrogen) atoms. The van der Waals surface area contributed by atoms with E-state index in [4.69, 9.17) is 20.8 Å². The van der Waals surface area contributed by atoms with Crippen molar-refractivity contribution >= 4 is 21.6 Å². The van der Waals surface area contributed by atoms with Gasteiger partial charge in [0, 0.05) is 10.6 Å². The molecular weight excluding hydrogens is 366 g/mol. The molecule has 1 heterocycles. The minimum atomic E-state index is -3.70. The summed E-state index contributed by atoms with van der Waals surface area (Å²) in [6.45, 7) is -0.123. The summed E-state index contributed by atoms with van der Waals surface area (Å²) in [5.74, 6) is 1.08. The predicted octanol–water partition coefficient (Wildman–Crippen LogP) is 2.88. The summed E-state index contributed by atoms with van der Waals surface area (Å²) in [4.78, 5) is 0.101. The van der Waals surface area contributed by atoms with Crippen molar-refractivity contribution in [2.45, 2.75) is 11.4 Å². The van der Waals surface area contributed by atoms with Gasteiger partial charge in [-0.1, -0.05) is 17.7 Å². The van der Waals surface area contributed by atoms with Gasteiger partial charge >= 0.3 is 0 Å². The Balaban J connectivity index is 1.72. The van der Waals surface area contributed by atoms with Crippen molar-refractivity contribution in [2.75, 3.05) is 7.11 Å². The van der Waals surface area contributed by atoms with Gasteiger partial charge in [0.15, 0.2) is 0 Å². The lowest BCUT2D eigenvalue weighted by molar-refractivity contribution is 0.414. The minimum absolute atomic E-state index is 0.101. The first kappa shape index (κ1) is 17.4. The smallest absolute Gasteiger partial charge is 0.247 e. The normalized spacial score (nSPS) is 11.4. The van der Waals surface area contributed by atoms with E-state index in [1.54, 1.807) is 31.4 Å². The third-order valence-corrected chi connectivity index (χ3v) is 4.99. The fourth-order valence-electron chi connectivity index (χ4n) is 2.05. The van der Waals surface area contributed by atoms with Crippen molar-refractivity contribution in [1.82, 2.24) is 14.9 Å². The van der Waals surface area contributed by atoms with E-state index >= 15 is 0 Å². The van der Waals surface area contributed by atoms with Crippen LogP contribution in [-0.2, 0) is 16.6 Å². The van der Waals surface area contributed by atoms with Crippen LogP contribution in [0.3, 0.4) is 0 Å². The molecule has 0 saturated heterocycles. The molecule has 0 saturated carbocycles. The molecule has 0 radical (unpaired) electrons. The van der Waals surface area contributed by atoms with E-state index in [0.717, 1.165) is 0 Å². The van der Waals surface area contributed by atoms with E-state index in [1.165, 1.54) is 24.3 Å². The van der Waals surface area contributed by atoms with Gasteiger partial charge in [0.05, 0.1) is 18.6 Å². The van der Waals surface area contributed by atoms with Crippen LogP contribution in [-0.4, -0.2) is 25.7 Å². The van der Waals surface area contributed by atoms with Crippen molar-refractivity contribution in [2.24, 2.45) is 0 Å². The first-order chi connectivity index (χ1) is 12.0. The monoisotopic (exact) mass is 379 g/mol. The molecule has 1 N–H and O–H groups in total. The van der Waals surface area contributed by atoms with Crippen LogP contribution < -0.4 is 9.46 Å². The Morgan fingerprint density at radius 3 is 2.64 bits per heavy atom. The second-order valence-corrected chi connectivity index (χ2v) is 7.21. The van der Waals surface area contributed by atoms with E-state index in [-0.39, 0.29) is 23.2 Å². The molecule has 0 fully saturated rings. The van der Waals surface area contributed by atoms with E-state index in [0.29, 0.717) is 16.3 Å². The van der Waals surface area contributed by atoms with Crippen LogP contribution in [0.15, 0.2) is 57.8 Å². The Morgan fingerprint density at radius 1 is 1.16 bits per heavy atom. The van der Waals surface area contributed by atoms with Crippen LogP contribution in [0.4, 0.5) is 0 Å². The van der Waals surface area contributed by atoms with Gasteiger partial charge in [0.2, 0.25) is 21.8 Å². The second-order valence-electron chi connectivity index (χ2n) is 5.01. The van der Waals surface area contributed by atoms with Crippen molar-refractivity contribution in [3.8, 4) is 17.2 Å². The molecule has 1 aromatic heterocycles. The summed E-state index contributed by atoms with van der Waals surface area (Å²) in [6.07, 6.45) is 0. The molecule has 130 valence electrons. The molecule has 3 rings (SSSR count). The maximum atomic E-state index is 12.2. The lowest BCUT2D eigenvalue weighted by atomic mass is 10.2. The molecule has 0 aliphatic rings. The molecule has 0 aliphatic heterocycles. The van der Waals surface area contributed by atoms with Gasteiger partial charge < -0.3 is 9.15 Å². The lowest BCUT2D eigenvalue weighted by Gasteiger charge is -2.04. The van der Waals surface area contributed by atoms with Crippen LogP contribution in [0.25, 0.3) is 11.5 Å². The number of nitrogens with one attached hydrogen (secondary N) is 1. The van der Waals surface area contributed by atoms with Gasteiger partial charge in [-0.3, -0.25) is 0 Å². The number of nitrogens with zero attached hydrogens (tertiary/aromatic N) is 2. The molecule has 0 unspecified atom stereocenters. The lowest BCUT2D eigenvalue weighted by Crippen LogP contribution is -2.23. The highest BCUT2D eigenvalue weighted by molar-refractivity contribution is 7.89. The van der Waals surface area contributed by atoms with Gasteiger partial charge in [0.25, 0.3) is 0 Å². The van der Waals surface area contributed by atoms with Gasteiger partial charge in [0.1, 0.15) is 5.75 Å². The molecule has 2 aromatic carbocycles. The average molecular weight is 380 g/mol. The highest BCUT2D eigenvalue weighted by Gasteiger charge is 2.16. The Morgan fingerprint density at radius 2 is 1.92 bits per heavy atom. The third-order valence-electron chi connectivity index (χ3n) is 3.32. The first-order valence-electron chi connectivity index (χ1n) is 7.20. The van der Waals surface area contributed by atoms with Crippen molar-refractivity contribution in [1.29, 1.82) is 0 Å². The molecule has 3 aromatic rings. The van der Waals surface area contributed by atoms with Crippen LogP contribution in [0.2, 0.25) is 5.02 Å². The maximum absolute atomic E-state index is 12.2. The number of rotatable bonds is 6. The highest BCUT2D eigenvalue weighted by atomic mass is 35.5. The summed E-state index contributed by atoms with van der Waals surface area (Å²) in [5, 5.41) is 8.23.